The fourth-order valence-electron chi connectivity index (χ4n) is 1.40. The van der Waals surface area contributed by atoms with Gasteiger partial charge < -0.3 is 5.11 Å². The van der Waals surface area contributed by atoms with Crippen molar-refractivity contribution in [3.63, 3.8) is 0 Å². The summed E-state index contributed by atoms with van der Waals surface area (Å²) in [5.41, 5.74) is -0.844. The molecule has 0 aliphatic heterocycles. The van der Waals surface area contributed by atoms with E-state index >= 15 is 0 Å². The van der Waals surface area contributed by atoms with Gasteiger partial charge in [0.1, 0.15) is 0 Å². The minimum Gasteiger partial charge on any atom is -0.394 e. The molecule has 16 heavy (non-hydrogen) atoms. The maximum absolute atomic E-state index is 11.8. The van der Waals surface area contributed by atoms with Gasteiger partial charge in [0.25, 0.3) is 0 Å². The predicted octanol–water partition coefficient (Wildman–Crippen LogP) is 0.759. The Hall–Kier alpha value is -0.640. The maximum Gasteiger partial charge on any atom is 0.228 e. The fourth-order valence-corrected chi connectivity index (χ4v) is 3.08. The average Bonchev–Trinajstić information content (AvgIpc) is 2.27. The highest BCUT2D eigenvalue weighted by Gasteiger charge is 2.34. The van der Waals surface area contributed by atoms with Gasteiger partial charge in [-0.1, -0.05) is 20.8 Å². The second kappa shape index (κ2) is 6.18. The minimum atomic E-state index is -3.69. The summed E-state index contributed by atoms with van der Waals surface area (Å²) >= 11 is 0. The van der Waals surface area contributed by atoms with Crippen LogP contribution in [0, 0.1) is 11.3 Å². The van der Waals surface area contributed by atoms with Crippen molar-refractivity contribution in [3.8, 4) is 6.07 Å². The molecule has 94 valence electrons. The van der Waals surface area contributed by atoms with Gasteiger partial charge in [-0.2, -0.15) is 5.26 Å². The molecule has 0 bridgehead atoms. The van der Waals surface area contributed by atoms with Gasteiger partial charge >= 0.3 is 0 Å². The Balaban J connectivity index is 5.02. The summed E-state index contributed by atoms with van der Waals surface area (Å²) in [4.78, 5) is 0. The summed E-state index contributed by atoms with van der Waals surface area (Å²) in [6.45, 7) is 4.98. The lowest BCUT2D eigenvalue weighted by Gasteiger charge is -2.31. The molecule has 0 amide bonds. The lowest BCUT2D eigenvalue weighted by Crippen LogP contribution is -2.52. The molecule has 0 spiro atoms. The number of aliphatic hydroxyl groups excluding tert-OH is 1. The number of sulfonamides is 1. The molecule has 0 radical (unpaired) electrons. The van der Waals surface area contributed by atoms with Crippen molar-refractivity contribution in [1.82, 2.24) is 4.72 Å². The zero-order chi connectivity index (χ0) is 12.8. The topological polar surface area (TPSA) is 90.2 Å². The molecule has 1 unspecified atom stereocenters. The Bertz CT molecular complexity index is 333. The lowest BCUT2D eigenvalue weighted by atomic mass is 9.96. The van der Waals surface area contributed by atoms with Gasteiger partial charge in [0, 0.05) is 0 Å². The third-order valence-electron chi connectivity index (χ3n) is 2.90. The van der Waals surface area contributed by atoms with Crippen LogP contribution < -0.4 is 4.72 Å². The number of nitriles is 1. The Morgan fingerprint density at radius 1 is 1.38 bits per heavy atom. The molecule has 0 aromatic rings. The number of hydrogen-bond acceptors (Lipinski definition) is 4. The summed E-state index contributed by atoms with van der Waals surface area (Å²) in [6, 6.07) is 1.75. The summed E-state index contributed by atoms with van der Waals surface area (Å²) < 4.78 is 26.1. The van der Waals surface area contributed by atoms with Crippen LogP contribution in [0.5, 0.6) is 0 Å². The van der Waals surface area contributed by atoms with Crippen molar-refractivity contribution in [2.45, 2.75) is 50.8 Å². The van der Waals surface area contributed by atoms with E-state index in [-0.39, 0.29) is 13.0 Å². The molecule has 0 aromatic carbocycles. The normalized spacial score (nSPS) is 14.4. The molecule has 0 saturated heterocycles. The van der Waals surface area contributed by atoms with Gasteiger partial charge in [0.15, 0.2) is 5.25 Å². The Kier molecular flexibility index (Phi) is 5.94. The SMILES string of the molecule is CCC(C#N)S(=O)(=O)NC(CC)(CC)CO. The first-order chi connectivity index (χ1) is 7.41. The van der Waals surface area contributed by atoms with Crippen LogP contribution in [0.4, 0.5) is 0 Å². The van der Waals surface area contributed by atoms with E-state index < -0.39 is 20.8 Å². The van der Waals surface area contributed by atoms with Gasteiger partial charge in [-0.25, -0.2) is 13.1 Å². The van der Waals surface area contributed by atoms with Crippen LogP contribution in [0.1, 0.15) is 40.0 Å². The van der Waals surface area contributed by atoms with Gasteiger partial charge in [-0.3, -0.25) is 0 Å². The molecule has 1 atom stereocenters. The van der Waals surface area contributed by atoms with Crippen molar-refractivity contribution in [1.29, 1.82) is 5.26 Å². The minimum absolute atomic E-state index is 0.237. The quantitative estimate of drug-likeness (QED) is 0.696. The summed E-state index contributed by atoms with van der Waals surface area (Å²) in [7, 11) is -3.69. The number of aliphatic hydroxyl groups is 1. The largest absolute Gasteiger partial charge is 0.394 e. The maximum atomic E-state index is 11.8. The van der Waals surface area contributed by atoms with E-state index in [0.29, 0.717) is 12.8 Å². The number of rotatable bonds is 7. The molecule has 0 aliphatic carbocycles. The van der Waals surface area contributed by atoms with E-state index in [1.807, 2.05) is 0 Å². The van der Waals surface area contributed by atoms with Gasteiger partial charge in [-0.15, -0.1) is 0 Å². The molecule has 0 heterocycles. The van der Waals surface area contributed by atoms with E-state index in [9.17, 15) is 13.5 Å². The van der Waals surface area contributed by atoms with Crippen LogP contribution in [0.3, 0.4) is 0 Å². The zero-order valence-electron chi connectivity index (χ0n) is 10.0. The molecule has 6 heteroatoms. The van der Waals surface area contributed by atoms with Crippen LogP contribution in [-0.2, 0) is 10.0 Å². The first-order valence-corrected chi connectivity index (χ1v) is 6.99. The predicted molar refractivity (Wildman–Crippen MR) is 62.1 cm³/mol. The van der Waals surface area contributed by atoms with Crippen molar-refractivity contribution >= 4 is 10.0 Å². The van der Waals surface area contributed by atoms with E-state index in [2.05, 4.69) is 4.72 Å². The Morgan fingerprint density at radius 2 is 1.88 bits per heavy atom. The highest BCUT2D eigenvalue weighted by Crippen LogP contribution is 2.17. The van der Waals surface area contributed by atoms with Crippen LogP contribution in [0.25, 0.3) is 0 Å². The monoisotopic (exact) mass is 248 g/mol. The van der Waals surface area contributed by atoms with Crippen LogP contribution in [0.15, 0.2) is 0 Å². The van der Waals surface area contributed by atoms with Gasteiger partial charge in [0.05, 0.1) is 18.2 Å². The van der Waals surface area contributed by atoms with E-state index in [4.69, 9.17) is 5.26 Å². The summed E-state index contributed by atoms with van der Waals surface area (Å²) in [5, 5.41) is 16.9. The molecule has 5 nitrogen and oxygen atoms in total. The number of nitrogens with zero attached hydrogens (tertiary/aromatic N) is 1. The van der Waals surface area contributed by atoms with Gasteiger partial charge in [0.2, 0.25) is 10.0 Å². The van der Waals surface area contributed by atoms with E-state index in [1.54, 1.807) is 26.8 Å². The highest BCUT2D eigenvalue weighted by molar-refractivity contribution is 7.90. The molecule has 0 saturated carbocycles. The standard InChI is InChI=1S/C10H20N2O3S/c1-4-9(7-11)16(14,15)12-10(5-2,6-3)8-13/h9,12-13H,4-6,8H2,1-3H3. The third kappa shape index (κ3) is 3.44. The van der Waals surface area contributed by atoms with E-state index in [0.717, 1.165) is 0 Å². The van der Waals surface area contributed by atoms with Crippen LogP contribution >= 0.6 is 0 Å². The molecule has 2 N–H and O–H groups in total. The molecule has 0 rings (SSSR count). The average molecular weight is 248 g/mol. The van der Waals surface area contributed by atoms with Crippen molar-refractivity contribution in [2.75, 3.05) is 6.61 Å². The van der Waals surface area contributed by atoms with Crippen LogP contribution in [-0.4, -0.2) is 30.9 Å². The zero-order valence-corrected chi connectivity index (χ0v) is 10.8. The second-order valence-electron chi connectivity index (χ2n) is 3.82. The Morgan fingerprint density at radius 3 is 2.12 bits per heavy atom. The summed E-state index contributed by atoms with van der Waals surface area (Å²) in [5.74, 6) is 0. The lowest BCUT2D eigenvalue weighted by molar-refractivity contribution is 0.172. The van der Waals surface area contributed by atoms with Gasteiger partial charge in [-0.05, 0) is 19.3 Å². The number of nitrogens with one attached hydrogen (secondary N) is 1. The molecule has 0 aliphatic rings. The third-order valence-corrected chi connectivity index (χ3v) is 4.81. The molecule has 0 fully saturated rings. The fraction of sp³-hybridized carbons (Fsp3) is 0.900. The van der Waals surface area contributed by atoms with E-state index in [1.165, 1.54) is 0 Å². The summed E-state index contributed by atoms with van der Waals surface area (Å²) in [6.07, 6.45) is 1.21. The van der Waals surface area contributed by atoms with Crippen molar-refractivity contribution < 1.29 is 13.5 Å². The van der Waals surface area contributed by atoms with Crippen LogP contribution in [0.2, 0.25) is 0 Å². The highest BCUT2D eigenvalue weighted by atomic mass is 32.2. The Labute approximate surface area is 97.5 Å². The first-order valence-electron chi connectivity index (χ1n) is 5.44. The second-order valence-corrected chi connectivity index (χ2v) is 5.68. The first kappa shape index (κ1) is 15.4. The molecular weight excluding hydrogens is 228 g/mol. The smallest absolute Gasteiger partial charge is 0.228 e. The van der Waals surface area contributed by atoms with Crippen molar-refractivity contribution in [3.05, 3.63) is 0 Å². The van der Waals surface area contributed by atoms with Crippen molar-refractivity contribution in [2.24, 2.45) is 0 Å². The molecular formula is C10H20N2O3S. The number of hydrogen-bond donors (Lipinski definition) is 2. The molecule has 0 aromatic heterocycles.